The molecule has 2 fully saturated rings. The minimum Gasteiger partial charge on any atom is -0.392 e. The minimum absolute atomic E-state index is 0.0275. The Balaban J connectivity index is 0.773. The summed E-state index contributed by atoms with van der Waals surface area (Å²) in [6.07, 6.45) is 9.75. The van der Waals surface area contributed by atoms with Crippen LogP contribution in [0.25, 0.3) is 11.3 Å². The highest BCUT2D eigenvalue weighted by Gasteiger charge is 2.41. The van der Waals surface area contributed by atoms with E-state index >= 15 is 0 Å². The molecule has 8 heterocycles. The van der Waals surface area contributed by atoms with Crippen molar-refractivity contribution in [3.63, 3.8) is 0 Å². The van der Waals surface area contributed by atoms with E-state index in [9.17, 15) is 29.1 Å². The van der Waals surface area contributed by atoms with Gasteiger partial charge in [-0.05, 0) is 117 Å². The van der Waals surface area contributed by atoms with E-state index in [2.05, 4.69) is 74.1 Å². The Bertz CT molecular complexity index is 3520. The Morgan fingerprint density at radius 3 is 2.36 bits per heavy atom. The first-order chi connectivity index (χ1) is 37.2. The van der Waals surface area contributed by atoms with Crippen molar-refractivity contribution >= 4 is 63.7 Å². The lowest BCUT2D eigenvalue weighted by Gasteiger charge is -2.48. The maximum atomic E-state index is 14.1. The van der Waals surface area contributed by atoms with Crippen molar-refractivity contribution in [2.45, 2.75) is 111 Å². The number of nitrogens with one attached hydrogen (secondary N) is 2. The second-order valence-corrected chi connectivity index (χ2v) is 23.5. The van der Waals surface area contributed by atoms with Gasteiger partial charge < -0.3 is 34.7 Å². The maximum Gasteiger partial charge on any atom is 0.293 e. The molecule has 1 unspecified atom stereocenters. The van der Waals surface area contributed by atoms with Gasteiger partial charge in [-0.3, -0.25) is 38.8 Å². The lowest BCUT2D eigenvalue weighted by Crippen LogP contribution is -2.58. The molecule has 0 radical (unpaired) electrons. The Kier molecular flexibility index (Phi) is 13.2. The second-order valence-electron chi connectivity index (χ2n) is 23.5. The number of pyridine rings is 2. The fourth-order valence-electron chi connectivity index (χ4n) is 12.5. The number of piperidine rings is 1. The van der Waals surface area contributed by atoms with Gasteiger partial charge in [-0.1, -0.05) is 41.2 Å². The van der Waals surface area contributed by atoms with Crippen LogP contribution in [0.2, 0.25) is 0 Å². The molecule has 4 aromatic heterocycles. The molecular formula is C60H68N12O6. The van der Waals surface area contributed by atoms with Crippen LogP contribution in [0.5, 0.6) is 0 Å². The molecule has 0 spiro atoms. The monoisotopic (exact) mass is 1050 g/mol. The molecule has 6 aromatic rings. The summed E-state index contributed by atoms with van der Waals surface area (Å²) in [7, 11) is 1.63. The van der Waals surface area contributed by atoms with Gasteiger partial charge in [0.15, 0.2) is 5.82 Å². The highest BCUT2D eigenvalue weighted by molar-refractivity contribution is 6.34. The van der Waals surface area contributed by atoms with Gasteiger partial charge in [-0.25, -0.2) is 14.9 Å². The Hall–Kier alpha value is -7.96. The number of aromatic nitrogens is 5. The molecular weight excluding hydrogens is 985 g/mol. The van der Waals surface area contributed by atoms with Crippen molar-refractivity contribution in [2.75, 3.05) is 63.0 Å². The smallest absolute Gasteiger partial charge is 0.293 e. The van der Waals surface area contributed by atoms with Crippen molar-refractivity contribution in [3.05, 3.63) is 142 Å². The third kappa shape index (κ3) is 9.33. The van der Waals surface area contributed by atoms with Gasteiger partial charge in [0.05, 0.1) is 40.5 Å². The number of hydrogen-bond donors (Lipinski definition) is 3. The van der Waals surface area contributed by atoms with Gasteiger partial charge in [0.1, 0.15) is 11.5 Å². The molecule has 4 aliphatic heterocycles. The van der Waals surface area contributed by atoms with Gasteiger partial charge in [-0.2, -0.15) is 0 Å². The van der Waals surface area contributed by atoms with Gasteiger partial charge in [-0.15, -0.1) is 0 Å². The Morgan fingerprint density at radius 2 is 1.62 bits per heavy atom. The third-order valence-corrected chi connectivity index (χ3v) is 16.4. The third-order valence-electron chi connectivity index (χ3n) is 16.4. The van der Waals surface area contributed by atoms with E-state index < -0.39 is 12.2 Å². The molecule has 2 aromatic carbocycles. The molecule has 1 aliphatic carbocycles. The number of nitrogens with zero attached hydrogens (tertiary/aromatic N) is 10. The molecule has 18 nitrogen and oxygen atoms in total. The molecule has 3 atom stereocenters. The number of imide groups is 1. The van der Waals surface area contributed by atoms with E-state index in [1.807, 2.05) is 57.2 Å². The summed E-state index contributed by atoms with van der Waals surface area (Å²) in [4.78, 5) is 92.4. The Labute approximate surface area is 454 Å². The number of carbonyl (C=O) groups excluding carboxylic acids is 4. The predicted octanol–water partition coefficient (Wildman–Crippen LogP) is 7.85. The zero-order valence-corrected chi connectivity index (χ0v) is 45.8. The van der Waals surface area contributed by atoms with Crippen LogP contribution >= 0.6 is 0 Å². The number of aliphatic hydroxyl groups excluding tert-OH is 1. The molecule has 11 rings (SSSR count). The van der Waals surface area contributed by atoms with Crippen LogP contribution in [-0.2, 0) is 43.3 Å². The van der Waals surface area contributed by atoms with E-state index in [4.69, 9.17) is 4.98 Å². The van der Waals surface area contributed by atoms with Crippen LogP contribution in [0.1, 0.15) is 115 Å². The zero-order valence-electron chi connectivity index (χ0n) is 45.8. The van der Waals surface area contributed by atoms with Crippen LogP contribution in [0, 0.1) is 5.41 Å². The van der Waals surface area contributed by atoms with E-state index in [1.54, 1.807) is 54.8 Å². The predicted molar refractivity (Wildman–Crippen MR) is 303 cm³/mol. The van der Waals surface area contributed by atoms with E-state index in [0.29, 0.717) is 82.2 Å². The number of fused-ring (bicyclic) bond motifs is 4. The number of aliphatic hydroxyl groups is 1. The van der Waals surface area contributed by atoms with Crippen molar-refractivity contribution in [2.24, 2.45) is 12.5 Å². The SMILES string of the molecule is C=CC(=O)Nc1cc(Nc2nc(-c3ccnc(N4CCn5c(cc6c5CC(C)(C)C6)C4=O)c3CO)cn(C)c2=O)ccc1N1CCN(C2CCN(c3ccc4c(c3)C(=O)N(c3ccnc(C(C)(C)C)c3)C4=O)[C@H](C)C2)C[C@@H]1C. The number of rotatable bonds is 11. The molecule has 4 amide bonds. The number of aryl methyl sites for hydroxylation is 1. The summed E-state index contributed by atoms with van der Waals surface area (Å²) in [6.45, 7) is 22.4. The van der Waals surface area contributed by atoms with Gasteiger partial charge in [0, 0.05) is 122 Å². The number of piperazine rings is 1. The molecule has 18 heteroatoms. The molecule has 5 aliphatic rings. The highest BCUT2D eigenvalue weighted by Crippen LogP contribution is 2.41. The quantitative estimate of drug-likeness (QED) is 0.0840. The standard InChI is InChI=1S/C60H68N12O6/c1-10-52(74)64-46-27-38(63-53-58(78)66(9)33-47(65-53)42-16-19-62-54(45(42)34-73)71-24-23-70-49(57(71)77)26-37-30-60(7,8)31-50(37)70)11-14-48(46)69-22-21-67(32-36(69)3)39-17-20-68(35(2)25-39)40-12-13-43-44(28-40)56(76)72(55(43)75)41-15-18-61-51(29-41)59(4,5)6/h10-16,18-19,26-29,33,35-36,39,73H,1,17,20-25,30-32,34H2,2-9H3,(H,63,65)(H,64,74)/t35-,36+,39?/m1/s1. The van der Waals surface area contributed by atoms with Gasteiger partial charge in [0.25, 0.3) is 23.3 Å². The van der Waals surface area contributed by atoms with Crippen LogP contribution in [0.3, 0.4) is 0 Å². The van der Waals surface area contributed by atoms with Gasteiger partial charge in [0.2, 0.25) is 5.91 Å². The number of anilines is 7. The summed E-state index contributed by atoms with van der Waals surface area (Å²) in [5.74, 6) is -0.827. The van der Waals surface area contributed by atoms with Crippen LogP contribution in [0.4, 0.5) is 40.1 Å². The van der Waals surface area contributed by atoms with Crippen molar-refractivity contribution in [1.29, 1.82) is 0 Å². The largest absolute Gasteiger partial charge is 0.392 e. The van der Waals surface area contributed by atoms with E-state index in [-0.39, 0.29) is 52.4 Å². The average Bonchev–Trinajstić information content (AvgIpc) is 4.23. The lowest BCUT2D eigenvalue weighted by molar-refractivity contribution is -0.111. The first kappa shape index (κ1) is 52.1. The maximum absolute atomic E-state index is 14.1. The summed E-state index contributed by atoms with van der Waals surface area (Å²) < 4.78 is 3.56. The zero-order chi connectivity index (χ0) is 55.1. The molecule has 0 bridgehead atoms. The fourth-order valence-corrected chi connectivity index (χ4v) is 12.5. The van der Waals surface area contributed by atoms with Crippen LogP contribution in [-0.4, -0.2) is 109 Å². The van der Waals surface area contributed by atoms with Gasteiger partial charge >= 0.3 is 0 Å². The van der Waals surface area contributed by atoms with Crippen molar-refractivity contribution in [1.82, 2.24) is 29.0 Å². The summed E-state index contributed by atoms with van der Waals surface area (Å²) in [6, 6.07) is 19.1. The first-order valence-corrected chi connectivity index (χ1v) is 27.0. The topological polar surface area (TPSA) is 194 Å². The second kappa shape index (κ2) is 19.8. The summed E-state index contributed by atoms with van der Waals surface area (Å²) in [5.41, 5.74) is 8.87. The fraction of sp³-hybridized carbons (Fsp3) is 0.400. The number of benzene rings is 2. The molecule has 404 valence electrons. The average molecular weight is 1050 g/mol. The van der Waals surface area contributed by atoms with E-state index in [1.165, 1.54) is 26.8 Å². The summed E-state index contributed by atoms with van der Waals surface area (Å²) >= 11 is 0. The Morgan fingerprint density at radius 1 is 0.833 bits per heavy atom. The van der Waals surface area contributed by atoms with Crippen LogP contribution in [0.15, 0.2) is 96.7 Å². The number of carbonyl (C=O) groups is 4. The lowest BCUT2D eigenvalue weighted by atomic mass is 9.90. The minimum atomic E-state index is -0.419. The van der Waals surface area contributed by atoms with Crippen molar-refractivity contribution in [3.8, 4) is 11.3 Å². The normalized spacial score (nSPS) is 20.2. The molecule has 78 heavy (non-hydrogen) atoms. The first-order valence-electron chi connectivity index (χ1n) is 27.0. The van der Waals surface area contributed by atoms with Crippen LogP contribution < -0.4 is 35.8 Å². The summed E-state index contributed by atoms with van der Waals surface area (Å²) in [5, 5.41) is 17.1. The highest BCUT2D eigenvalue weighted by atomic mass is 16.3. The molecule has 2 saturated heterocycles. The molecule has 0 saturated carbocycles. The number of amides is 4. The number of hydrogen-bond acceptors (Lipinski definition) is 13. The molecule has 3 N–H and O–H groups in total. The van der Waals surface area contributed by atoms with E-state index in [0.717, 1.165) is 62.4 Å². The van der Waals surface area contributed by atoms with Crippen molar-refractivity contribution < 1.29 is 24.3 Å².